The minimum absolute atomic E-state index is 0. The van der Waals surface area contributed by atoms with Crippen LogP contribution in [0.4, 0.5) is 0 Å². The van der Waals surface area contributed by atoms with Crippen molar-refractivity contribution < 1.29 is 10.2 Å². The van der Waals surface area contributed by atoms with E-state index in [9.17, 15) is 10.2 Å². The molecule has 208 valence electrons. The molecule has 2 nitrogen and oxygen atoms in total. The van der Waals surface area contributed by atoms with E-state index in [0.717, 1.165) is 47.9 Å². The normalized spacial score (nSPS) is 11.0. The van der Waals surface area contributed by atoms with Crippen LogP contribution in [-0.4, -0.2) is 37.7 Å². The van der Waals surface area contributed by atoms with Gasteiger partial charge in [0.25, 0.3) is 0 Å². The van der Waals surface area contributed by atoms with Crippen molar-refractivity contribution in [1.82, 2.24) is 0 Å². The molecule has 0 spiro atoms. The Morgan fingerprint density at radius 3 is 1.08 bits per heavy atom. The fraction of sp³-hybridized carbons (Fsp3) is 0.657. The second-order valence-electron chi connectivity index (χ2n) is 11.2. The SMILES string of the molecule is CCCCCCCCCCCc1ccc(Cc2ccc(CCCCCCCCCCC)cc2[O-])c([O-])c1.[Ca+2]. The van der Waals surface area contributed by atoms with E-state index in [0.29, 0.717) is 6.42 Å². The van der Waals surface area contributed by atoms with Gasteiger partial charge in [-0.3, -0.25) is 0 Å². The Bertz CT molecular complexity index is 778. The number of unbranched alkanes of at least 4 members (excludes halogenated alkanes) is 16. The Kier molecular flexibility index (Phi) is 21.4. The van der Waals surface area contributed by atoms with Crippen LogP contribution in [-0.2, 0) is 19.3 Å². The molecular formula is C35H54CaO2. The summed E-state index contributed by atoms with van der Waals surface area (Å²) in [5, 5.41) is 25.4. The van der Waals surface area contributed by atoms with Crippen molar-refractivity contribution in [3.63, 3.8) is 0 Å². The molecule has 0 aromatic heterocycles. The third-order valence-corrected chi connectivity index (χ3v) is 7.78. The van der Waals surface area contributed by atoms with Gasteiger partial charge in [-0.25, -0.2) is 0 Å². The Morgan fingerprint density at radius 1 is 0.447 bits per heavy atom. The van der Waals surface area contributed by atoms with Crippen LogP contribution in [0.1, 0.15) is 152 Å². The summed E-state index contributed by atoms with van der Waals surface area (Å²) in [7, 11) is 0. The Labute approximate surface area is 265 Å². The smallest absolute Gasteiger partial charge is 0.872 e. The van der Waals surface area contributed by atoms with Gasteiger partial charge in [0.2, 0.25) is 0 Å². The van der Waals surface area contributed by atoms with Crippen LogP contribution in [0.25, 0.3) is 0 Å². The molecule has 2 aromatic carbocycles. The Balaban J connectivity index is 0.00000722. The van der Waals surface area contributed by atoms with Crippen LogP contribution < -0.4 is 10.2 Å². The molecular weight excluding hydrogens is 492 g/mol. The van der Waals surface area contributed by atoms with Crippen LogP contribution >= 0.6 is 0 Å². The topological polar surface area (TPSA) is 46.1 Å². The quantitative estimate of drug-likeness (QED) is 0.109. The third-order valence-electron chi connectivity index (χ3n) is 7.78. The van der Waals surface area contributed by atoms with Crippen LogP contribution in [0.2, 0.25) is 0 Å². The van der Waals surface area contributed by atoms with Gasteiger partial charge >= 0.3 is 37.7 Å². The van der Waals surface area contributed by atoms with E-state index in [4.69, 9.17) is 0 Å². The van der Waals surface area contributed by atoms with E-state index in [-0.39, 0.29) is 49.2 Å². The maximum atomic E-state index is 12.7. The average molecular weight is 547 g/mol. The zero-order valence-corrected chi connectivity index (χ0v) is 27.0. The van der Waals surface area contributed by atoms with E-state index in [2.05, 4.69) is 26.0 Å². The van der Waals surface area contributed by atoms with E-state index >= 15 is 0 Å². The minimum atomic E-state index is 0. The fourth-order valence-electron chi connectivity index (χ4n) is 5.29. The van der Waals surface area contributed by atoms with Gasteiger partial charge in [-0.05, 0) is 43.2 Å². The van der Waals surface area contributed by atoms with Crippen molar-refractivity contribution in [1.29, 1.82) is 0 Å². The second kappa shape index (κ2) is 23.0. The van der Waals surface area contributed by atoms with Crippen LogP contribution in [0.5, 0.6) is 11.5 Å². The molecule has 0 aliphatic rings. The fourth-order valence-corrected chi connectivity index (χ4v) is 5.29. The molecule has 0 aliphatic carbocycles. The summed E-state index contributed by atoms with van der Waals surface area (Å²) in [6, 6.07) is 11.7. The first-order valence-corrected chi connectivity index (χ1v) is 15.7. The predicted molar refractivity (Wildman–Crippen MR) is 162 cm³/mol. The maximum absolute atomic E-state index is 12.7. The predicted octanol–water partition coefficient (Wildman–Crippen LogP) is 9.19. The molecule has 0 radical (unpaired) electrons. The molecule has 0 fully saturated rings. The van der Waals surface area contributed by atoms with Gasteiger partial charge in [-0.2, -0.15) is 0 Å². The van der Waals surface area contributed by atoms with Gasteiger partial charge in [0, 0.05) is 0 Å². The molecule has 0 bridgehead atoms. The van der Waals surface area contributed by atoms with Gasteiger partial charge < -0.3 is 10.2 Å². The maximum Gasteiger partial charge on any atom is 2.00 e. The first-order valence-electron chi connectivity index (χ1n) is 15.7. The molecule has 0 N–H and O–H groups in total. The van der Waals surface area contributed by atoms with Crippen molar-refractivity contribution >= 4 is 37.7 Å². The van der Waals surface area contributed by atoms with Crippen molar-refractivity contribution in [2.75, 3.05) is 0 Å². The average Bonchev–Trinajstić information content (AvgIpc) is 2.89. The monoisotopic (exact) mass is 546 g/mol. The molecule has 0 saturated carbocycles. The van der Waals surface area contributed by atoms with Gasteiger partial charge in [0.05, 0.1) is 0 Å². The van der Waals surface area contributed by atoms with E-state index in [1.807, 2.05) is 12.1 Å². The Morgan fingerprint density at radius 2 is 0.763 bits per heavy atom. The van der Waals surface area contributed by atoms with Crippen molar-refractivity contribution in [2.24, 2.45) is 0 Å². The number of hydrogen-bond donors (Lipinski definition) is 0. The van der Waals surface area contributed by atoms with E-state index in [1.54, 1.807) is 12.1 Å². The number of benzene rings is 2. The third kappa shape index (κ3) is 15.8. The zero-order chi connectivity index (χ0) is 26.6. The number of hydrogen-bond acceptors (Lipinski definition) is 2. The van der Waals surface area contributed by atoms with Crippen LogP contribution in [0, 0.1) is 0 Å². The van der Waals surface area contributed by atoms with Gasteiger partial charge in [0.1, 0.15) is 0 Å². The van der Waals surface area contributed by atoms with Gasteiger partial charge in [0.15, 0.2) is 0 Å². The van der Waals surface area contributed by atoms with Crippen LogP contribution in [0.15, 0.2) is 36.4 Å². The molecule has 0 saturated heterocycles. The summed E-state index contributed by atoms with van der Waals surface area (Å²) in [6.07, 6.45) is 26.1. The molecule has 0 atom stereocenters. The summed E-state index contributed by atoms with van der Waals surface area (Å²) in [5.41, 5.74) is 3.74. The summed E-state index contributed by atoms with van der Waals surface area (Å²) >= 11 is 0. The summed E-state index contributed by atoms with van der Waals surface area (Å²) in [5.74, 6) is 0.151. The second-order valence-corrected chi connectivity index (χ2v) is 11.2. The minimum Gasteiger partial charge on any atom is -0.872 e. The summed E-state index contributed by atoms with van der Waals surface area (Å²) in [6.45, 7) is 4.52. The molecule has 2 aromatic rings. The standard InChI is InChI=1S/C35H56O2.Ca/c1-3-5-7-9-11-13-15-17-19-21-30-23-25-32(34(36)27-30)29-33-26-24-31(28-35(33)37)22-20-18-16-14-12-10-8-6-4-2;/h23-28,36-37H,3-22,29H2,1-2H3;/q;+2/p-2. The van der Waals surface area contributed by atoms with Gasteiger partial charge in [-0.15, -0.1) is 11.5 Å². The molecule has 38 heavy (non-hydrogen) atoms. The first-order chi connectivity index (χ1) is 18.1. The first kappa shape index (κ1) is 35.3. The molecule has 3 heteroatoms. The number of rotatable bonds is 22. The molecule has 0 amide bonds. The molecule has 0 heterocycles. The van der Waals surface area contributed by atoms with Crippen molar-refractivity contribution in [2.45, 2.75) is 149 Å². The van der Waals surface area contributed by atoms with E-state index in [1.165, 1.54) is 103 Å². The van der Waals surface area contributed by atoms with Crippen molar-refractivity contribution in [3.05, 3.63) is 58.7 Å². The number of aryl methyl sites for hydroxylation is 2. The zero-order valence-electron chi connectivity index (χ0n) is 24.8. The summed E-state index contributed by atoms with van der Waals surface area (Å²) < 4.78 is 0. The van der Waals surface area contributed by atoms with Gasteiger partial charge in [-0.1, -0.05) is 164 Å². The van der Waals surface area contributed by atoms with Crippen LogP contribution in [0.3, 0.4) is 0 Å². The molecule has 0 unspecified atom stereocenters. The summed E-state index contributed by atoms with van der Waals surface area (Å²) in [4.78, 5) is 0. The Hall–Kier alpha value is -0.700. The van der Waals surface area contributed by atoms with Crippen molar-refractivity contribution in [3.8, 4) is 11.5 Å². The molecule has 0 aliphatic heterocycles. The largest absolute Gasteiger partial charge is 2.00 e. The van der Waals surface area contributed by atoms with E-state index < -0.39 is 0 Å². The molecule has 2 rings (SSSR count).